The van der Waals surface area contributed by atoms with Crippen LogP contribution in [0.5, 0.6) is 0 Å². The molecule has 3 aromatic carbocycles. The number of thiophene rings is 6. The first-order chi connectivity index (χ1) is 41.0. The number of hydrogen-bond acceptors (Lipinski definition) is 10. The number of allylic oxidation sites excluding steroid dienone is 2. The van der Waals surface area contributed by atoms with Crippen LogP contribution in [0.3, 0.4) is 0 Å². The smallest absolute Gasteiger partial charge is 0.197 e. The SMILES string of the molecule is CCCCCCc1cc(C=C2C(=O)c3ccccc3C2=O)sc1-c1cc2c(-c3ccc(CC(CC)CCCC)s3)c3sc(-c4sc(C=C5C(=O)c6ccccc6C5=O)cc4CCCCCC)cc3c(-c3ccc(CC(CC)CCCC)s3)c2s1. The number of benzene rings is 3. The number of hydrogen-bond donors (Lipinski definition) is 0. The molecule has 10 heteroatoms. The fourth-order valence-electron chi connectivity index (χ4n) is 12.6. The quantitative estimate of drug-likeness (QED) is 0.0278. The predicted molar refractivity (Wildman–Crippen MR) is 366 cm³/mol. The molecule has 6 aromatic heterocycles. The summed E-state index contributed by atoms with van der Waals surface area (Å²) in [7, 11) is 0. The zero-order chi connectivity index (χ0) is 58.4. The summed E-state index contributed by atoms with van der Waals surface area (Å²) in [4.78, 5) is 67.7. The molecule has 434 valence electrons. The van der Waals surface area contributed by atoms with Crippen molar-refractivity contribution >= 4 is 123 Å². The molecule has 2 unspecified atom stereocenters. The number of rotatable bonds is 28. The maximum atomic E-state index is 13.8. The number of aryl methyl sites for hydroxylation is 2. The molecule has 84 heavy (non-hydrogen) atoms. The molecule has 2 aliphatic rings. The molecule has 0 N–H and O–H groups in total. The fourth-order valence-corrected chi connectivity index (χ4v) is 20.2. The van der Waals surface area contributed by atoms with Crippen LogP contribution in [-0.4, -0.2) is 23.1 Å². The van der Waals surface area contributed by atoms with E-state index in [4.69, 9.17) is 0 Å². The van der Waals surface area contributed by atoms with Crippen LogP contribution in [-0.2, 0) is 25.7 Å². The van der Waals surface area contributed by atoms with E-state index in [0.717, 1.165) is 74.0 Å². The average molecular weight is 1220 g/mol. The molecule has 0 spiro atoms. The molecule has 0 radical (unpaired) electrons. The largest absolute Gasteiger partial charge is 0.288 e. The van der Waals surface area contributed by atoms with E-state index >= 15 is 0 Å². The Bertz CT molecular complexity index is 3560. The van der Waals surface area contributed by atoms with Gasteiger partial charge in [-0.2, -0.15) is 0 Å². The van der Waals surface area contributed by atoms with Gasteiger partial charge in [-0.15, -0.1) is 68.0 Å². The Balaban J connectivity index is 1.13. The summed E-state index contributed by atoms with van der Waals surface area (Å²) in [5.74, 6) is 0.540. The minimum absolute atomic E-state index is 0.188. The maximum Gasteiger partial charge on any atom is 0.197 e. The van der Waals surface area contributed by atoms with Crippen LogP contribution in [0.4, 0.5) is 0 Å². The molecule has 0 fully saturated rings. The average Bonchev–Trinajstić information content (AvgIpc) is 2.72. The van der Waals surface area contributed by atoms with Gasteiger partial charge in [0.25, 0.3) is 0 Å². The first-order valence-corrected chi connectivity index (χ1v) is 36.2. The predicted octanol–water partition coefficient (Wildman–Crippen LogP) is 23.7. The van der Waals surface area contributed by atoms with E-state index in [1.54, 1.807) is 46.9 Å². The maximum absolute atomic E-state index is 13.8. The molecule has 2 aliphatic carbocycles. The summed E-state index contributed by atoms with van der Waals surface area (Å²) in [5.41, 5.74) is 7.64. The highest BCUT2D eigenvalue weighted by molar-refractivity contribution is 7.29. The first-order valence-electron chi connectivity index (χ1n) is 31.3. The second-order valence-electron chi connectivity index (χ2n) is 23.4. The van der Waals surface area contributed by atoms with E-state index in [0.29, 0.717) is 34.1 Å². The van der Waals surface area contributed by atoms with Crippen molar-refractivity contribution in [3.8, 4) is 40.4 Å². The Morgan fingerprint density at radius 1 is 0.393 bits per heavy atom. The van der Waals surface area contributed by atoms with Crippen molar-refractivity contribution in [2.24, 2.45) is 11.8 Å². The van der Waals surface area contributed by atoms with Crippen LogP contribution in [0, 0.1) is 11.8 Å². The first kappa shape index (κ1) is 60.2. The van der Waals surface area contributed by atoms with E-state index in [-0.39, 0.29) is 34.3 Å². The third kappa shape index (κ3) is 12.6. The number of carbonyl (C=O) groups excluding carboxylic acids is 4. The molecule has 0 aliphatic heterocycles. The molecule has 2 atom stereocenters. The van der Waals surface area contributed by atoms with Gasteiger partial charge < -0.3 is 0 Å². The Morgan fingerprint density at radius 2 is 0.774 bits per heavy atom. The van der Waals surface area contributed by atoms with Crippen LogP contribution in [0.2, 0.25) is 0 Å². The van der Waals surface area contributed by atoms with Crippen molar-refractivity contribution in [1.29, 1.82) is 0 Å². The lowest BCUT2D eigenvalue weighted by Crippen LogP contribution is -2.01. The fraction of sp³-hybridized carbons (Fsp3) is 0.378. The highest BCUT2D eigenvalue weighted by Crippen LogP contribution is 2.56. The van der Waals surface area contributed by atoms with Crippen molar-refractivity contribution in [3.05, 3.63) is 161 Å². The van der Waals surface area contributed by atoms with Crippen molar-refractivity contribution in [2.45, 2.75) is 170 Å². The molecule has 11 rings (SSSR count). The van der Waals surface area contributed by atoms with Gasteiger partial charge in [-0.25, -0.2) is 0 Å². The normalized spacial score (nSPS) is 14.0. The molecule has 0 bridgehead atoms. The molecule has 4 nitrogen and oxygen atoms in total. The van der Waals surface area contributed by atoms with E-state index in [1.165, 1.54) is 146 Å². The highest BCUT2D eigenvalue weighted by Gasteiger charge is 2.35. The molecule has 6 heterocycles. The minimum Gasteiger partial charge on any atom is -0.288 e. The lowest BCUT2D eigenvalue weighted by molar-refractivity contribution is 0.0975. The van der Waals surface area contributed by atoms with Gasteiger partial charge in [0.15, 0.2) is 23.1 Å². The lowest BCUT2D eigenvalue weighted by atomic mass is 9.95. The number of ketones is 4. The second-order valence-corrected chi connectivity index (χ2v) is 30.0. The summed E-state index contributed by atoms with van der Waals surface area (Å²) < 4.78 is 2.59. The summed E-state index contributed by atoms with van der Waals surface area (Å²) in [5, 5.41) is 2.55. The molecule has 0 saturated carbocycles. The molecule has 9 aromatic rings. The van der Waals surface area contributed by atoms with Gasteiger partial charge in [-0.05, 0) is 122 Å². The Labute approximate surface area is 521 Å². The van der Waals surface area contributed by atoms with Gasteiger partial charge in [0.05, 0.1) is 11.1 Å². The zero-order valence-corrected chi connectivity index (χ0v) is 54.7. The van der Waals surface area contributed by atoms with Gasteiger partial charge >= 0.3 is 0 Å². The number of unbranched alkanes of at least 4 members (excludes halogenated alkanes) is 8. The van der Waals surface area contributed by atoms with Crippen molar-refractivity contribution in [1.82, 2.24) is 0 Å². The number of carbonyl (C=O) groups is 4. The zero-order valence-electron chi connectivity index (χ0n) is 49.8. The minimum atomic E-state index is -0.188. The monoisotopic (exact) mass is 1220 g/mol. The molecular formula is C74H78O4S6. The summed E-state index contributed by atoms with van der Waals surface area (Å²) in [6.45, 7) is 13.8. The van der Waals surface area contributed by atoms with Gasteiger partial charge in [0, 0.05) is 102 Å². The van der Waals surface area contributed by atoms with E-state index in [1.807, 2.05) is 81.8 Å². The Kier molecular flexibility index (Phi) is 19.7. The molecular weight excluding hydrogens is 1150 g/mol. The van der Waals surface area contributed by atoms with Gasteiger partial charge in [-0.3, -0.25) is 19.2 Å². The van der Waals surface area contributed by atoms with Gasteiger partial charge in [0.1, 0.15) is 0 Å². The van der Waals surface area contributed by atoms with E-state index < -0.39 is 0 Å². The molecule has 0 saturated heterocycles. The summed E-state index contributed by atoms with van der Waals surface area (Å²) in [6.07, 6.45) is 26.7. The number of Topliss-reactive ketones (excluding diaryl/α,β-unsaturated/α-hetero) is 4. The van der Waals surface area contributed by atoms with Gasteiger partial charge in [-0.1, -0.05) is 180 Å². The second kappa shape index (κ2) is 27.5. The van der Waals surface area contributed by atoms with Crippen LogP contribution >= 0.6 is 68.0 Å². The Hall–Kier alpha value is -5.46. The van der Waals surface area contributed by atoms with Gasteiger partial charge in [0.2, 0.25) is 0 Å². The lowest BCUT2D eigenvalue weighted by Gasteiger charge is -2.13. The molecule has 0 amide bonds. The van der Waals surface area contributed by atoms with Crippen molar-refractivity contribution in [2.75, 3.05) is 0 Å². The van der Waals surface area contributed by atoms with Crippen LogP contribution < -0.4 is 0 Å². The van der Waals surface area contributed by atoms with Crippen molar-refractivity contribution < 1.29 is 19.2 Å². The number of fused-ring (bicyclic) bond motifs is 4. The topological polar surface area (TPSA) is 68.3 Å². The summed E-state index contributed by atoms with van der Waals surface area (Å²) in [6, 6.07) is 33.6. The Morgan fingerprint density at radius 3 is 1.13 bits per heavy atom. The van der Waals surface area contributed by atoms with E-state index in [2.05, 4.69) is 90.1 Å². The van der Waals surface area contributed by atoms with E-state index in [9.17, 15) is 19.2 Å². The highest BCUT2D eigenvalue weighted by atomic mass is 32.1. The summed E-state index contributed by atoms with van der Waals surface area (Å²) >= 11 is 11.2. The van der Waals surface area contributed by atoms with Crippen molar-refractivity contribution in [3.63, 3.8) is 0 Å². The third-order valence-electron chi connectivity index (χ3n) is 17.4. The third-order valence-corrected chi connectivity index (χ3v) is 24.6. The standard InChI is InChI=1S/C74H78O4S6/c1-7-13-17-19-27-47-39-51(41-59-67(75)53-29-21-22-30-54(53)68(59)76)81-71(47)63-43-57-65(61-35-33-49(79-61)37-45(11-5)25-15-9-3)74-58(66(73(57)83-63)62-36-34-50(80-62)38-46(12-6)26-16-10-4)44-64(84-74)72-48(28-20-18-14-8-2)40-52(82-72)42-60-69(77)55-31-23-24-32-56(55)70(60)78/h21-24,29-36,39-46H,7-20,25-28,37-38H2,1-6H3. The van der Waals surface area contributed by atoms with Crippen LogP contribution in [0.1, 0.15) is 216 Å². The van der Waals surface area contributed by atoms with Crippen LogP contribution in [0.25, 0.3) is 72.7 Å². The van der Waals surface area contributed by atoms with Crippen LogP contribution in [0.15, 0.2) is 108 Å².